The van der Waals surface area contributed by atoms with Gasteiger partial charge in [0, 0.05) is 25.7 Å². The minimum Gasteiger partial charge on any atom is -0.491 e. The van der Waals surface area contributed by atoms with Gasteiger partial charge in [-0.05, 0) is 43.2 Å². The van der Waals surface area contributed by atoms with Crippen molar-refractivity contribution in [1.29, 1.82) is 0 Å². The Morgan fingerprint density at radius 1 is 1.25 bits per heavy atom. The van der Waals surface area contributed by atoms with Gasteiger partial charge in [0.2, 0.25) is 5.91 Å². The standard InChI is InChI=1S/C25H31ClN2O4/c1-4-32-23-16-19(15-21(26)25(23)30-3)7-10-24(29)27-22(17-28-11-13-31-14-12-28)20-8-5-18(2)6-9-20/h5-10,15-16,22H,4,11-14,17H2,1-3H3,(H,27,29)/b10-7+. The Morgan fingerprint density at radius 2 is 1.97 bits per heavy atom. The Bertz CT molecular complexity index is 924. The summed E-state index contributed by atoms with van der Waals surface area (Å²) >= 11 is 6.32. The van der Waals surface area contributed by atoms with Gasteiger partial charge in [0.15, 0.2) is 11.5 Å². The molecule has 0 aromatic heterocycles. The van der Waals surface area contributed by atoms with E-state index in [2.05, 4.69) is 41.4 Å². The van der Waals surface area contributed by atoms with Crippen molar-refractivity contribution in [2.45, 2.75) is 19.9 Å². The van der Waals surface area contributed by atoms with Crippen LogP contribution in [0.1, 0.15) is 29.7 Å². The number of rotatable bonds is 9. The number of hydrogen-bond acceptors (Lipinski definition) is 5. The fourth-order valence-electron chi connectivity index (χ4n) is 3.61. The van der Waals surface area contributed by atoms with Gasteiger partial charge in [-0.3, -0.25) is 9.69 Å². The van der Waals surface area contributed by atoms with Gasteiger partial charge >= 0.3 is 0 Å². The van der Waals surface area contributed by atoms with Crippen LogP contribution in [0.3, 0.4) is 0 Å². The monoisotopic (exact) mass is 458 g/mol. The number of ether oxygens (including phenoxy) is 3. The van der Waals surface area contributed by atoms with Crippen molar-refractivity contribution in [2.75, 3.05) is 46.6 Å². The first-order valence-corrected chi connectivity index (χ1v) is 11.2. The third-order valence-electron chi connectivity index (χ3n) is 5.30. The van der Waals surface area contributed by atoms with Crippen LogP contribution in [0.4, 0.5) is 0 Å². The highest BCUT2D eigenvalue weighted by atomic mass is 35.5. The fourth-order valence-corrected chi connectivity index (χ4v) is 3.91. The third kappa shape index (κ3) is 6.73. The molecular weight excluding hydrogens is 428 g/mol. The van der Waals surface area contributed by atoms with Crippen LogP contribution in [0.25, 0.3) is 6.08 Å². The molecule has 1 amide bonds. The zero-order valence-corrected chi connectivity index (χ0v) is 19.7. The molecule has 1 N–H and O–H groups in total. The molecular formula is C25H31ClN2O4. The molecule has 0 spiro atoms. The number of morpholine rings is 1. The largest absolute Gasteiger partial charge is 0.491 e. The van der Waals surface area contributed by atoms with E-state index in [-0.39, 0.29) is 11.9 Å². The molecule has 0 saturated carbocycles. The van der Waals surface area contributed by atoms with Gasteiger partial charge in [-0.1, -0.05) is 41.4 Å². The molecule has 1 aliphatic rings. The van der Waals surface area contributed by atoms with Crippen molar-refractivity contribution in [3.63, 3.8) is 0 Å². The number of methoxy groups -OCH3 is 1. The molecule has 3 rings (SSSR count). The quantitative estimate of drug-likeness (QED) is 0.569. The number of benzene rings is 2. The van der Waals surface area contributed by atoms with E-state index >= 15 is 0 Å². The van der Waals surface area contributed by atoms with Crippen LogP contribution in [0.15, 0.2) is 42.5 Å². The molecule has 7 heteroatoms. The molecule has 1 fully saturated rings. The number of nitrogens with zero attached hydrogens (tertiary/aromatic N) is 1. The topological polar surface area (TPSA) is 60.0 Å². The van der Waals surface area contributed by atoms with Crippen molar-refractivity contribution in [3.05, 3.63) is 64.2 Å². The number of nitrogens with one attached hydrogen (secondary N) is 1. The van der Waals surface area contributed by atoms with E-state index in [9.17, 15) is 4.79 Å². The molecule has 1 atom stereocenters. The number of halogens is 1. The Balaban J connectivity index is 1.74. The van der Waals surface area contributed by atoms with Crippen molar-refractivity contribution in [2.24, 2.45) is 0 Å². The van der Waals surface area contributed by atoms with Crippen LogP contribution in [-0.2, 0) is 9.53 Å². The lowest BCUT2D eigenvalue weighted by Gasteiger charge is -2.31. The average Bonchev–Trinajstić information content (AvgIpc) is 2.79. The summed E-state index contributed by atoms with van der Waals surface area (Å²) in [5, 5.41) is 3.58. The number of amides is 1. The Kier molecular flexibility index (Phi) is 8.97. The van der Waals surface area contributed by atoms with E-state index < -0.39 is 0 Å². The second kappa shape index (κ2) is 11.9. The predicted molar refractivity (Wildman–Crippen MR) is 128 cm³/mol. The first-order valence-electron chi connectivity index (χ1n) is 10.9. The first kappa shape index (κ1) is 24.1. The van der Waals surface area contributed by atoms with Gasteiger partial charge in [0.1, 0.15) is 0 Å². The average molecular weight is 459 g/mol. The van der Waals surface area contributed by atoms with Crippen LogP contribution in [-0.4, -0.2) is 57.4 Å². The van der Waals surface area contributed by atoms with E-state index in [4.69, 9.17) is 25.8 Å². The maximum atomic E-state index is 12.8. The maximum absolute atomic E-state index is 12.8. The molecule has 0 bridgehead atoms. The highest BCUT2D eigenvalue weighted by Crippen LogP contribution is 2.36. The smallest absolute Gasteiger partial charge is 0.244 e. The Labute approximate surface area is 195 Å². The lowest BCUT2D eigenvalue weighted by Crippen LogP contribution is -2.42. The molecule has 1 heterocycles. The summed E-state index contributed by atoms with van der Waals surface area (Å²) in [5.41, 5.74) is 3.02. The summed E-state index contributed by atoms with van der Waals surface area (Å²) in [6.07, 6.45) is 3.25. The number of aryl methyl sites for hydroxylation is 1. The SMILES string of the molecule is CCOc1cc(/C=C/C(=O)NC(CN2CCOCC2)c2ccc(C)cc2)cc(Cl)c1OC. The lowest BCUT2D eigenvalue weighted by molar-refractivity contribution is -0.117. The van der Waals surface area contributed by atoms with Crippen molar-refractivity contribution in [1.82, 2.24) is 10.2 Å². The van der Waals surface area contributed by atoms with Gasteiger partial charge in [-0.2, -0.15) is 0 Å². The van der Waals surface area contributed by atoms with Crippen LogP contribution < -0.4 is 14.8 Å². The van der Waals surface area contributed by atoms with Gasteiger partial charge in [0.25, 0.3) is 0 Å². The van der Waals surface area contributed by atoms with Crippen LogP contribution in [0, 0.1) is 6.92 Å². The second-order valence-corrected chi connectivity index (χ2v) is 8.09. The predicted octanol–water partition coefficient (Wildman–Crippen LogP) is 4.26. The van der Waals surface area contributed by atoms with Gasteiger partial charge < -0.3 is 19.5 Å². The number of hydrogen-bond donors (Lipinski definition) is 1. The zero-order valence-electron chi connectivity index (χ0n) is 18.9. The zero-order chi connectivity index (χ0) is 22.9. The van der Waals surface area contributed by atoms with Crippen molar-refractivity contribution >= 4 is 23.6 Å². The first-order chi connectivity index (χ1) is 15.5. The van der Waals surface area contributed by atoms with E-state index in [1.54, 1.807) is 19.3 Å². The number of carbonyl (C=O) groups excluding carboxylic acids is 1. The fraction of sp³-hybridized carbons (Fsp3) is 0.400. The van der Waals surface area contributed by atoms with Gasteiger partial charge in [-0.25, -0.2) is 0 Å². The van der Waals surface area contributed by atoms with Crippen LogP contribution in [0.5, 0.6) is 11.5 Å². The van der Waals surface area contributed by atoms with Crippen LogP contribution >= 0.6 is 11.6 Å². The van der Waals surface area contributed by atoms with E-state index in [1.165, 1.54) is 11.6 Å². The third-order valence-corrected chi connectivity index (χ3v) is 5.58. The summed E-state index contributed by atoms with van der Waals surface area (Å²) in [7, 11) is 1.55. The molecule has 172 valence electrons. The van der Waals surface area contributed by atoms with E-state index in [1.807, 2.05) is 13.0 Å². The molecule has 1 unspecified atom stereocenters. The Hall–Kier alpha value is -2.54. The summed E-state index contributed by atoms with van der Waals surface area (Å²) < 4.78 is 16.4. The highest BCUT2D eigenvalue weighted by Gasteiger charge is 2.19. The molecule has 2 aromatic rings. The van der Waals surface area contributed by atoms with Gasteiger partial charge in [0.05, 0.1) is 38.0 Å². The highest BCUT2D eigenvalue weighted by molar-refractivity contribution is 6.32. The minimum absolute atomic E-state index is 0.121. The molecule has 0 aliphatic carbocycles. The van der Waals surface area contributed by atoms with Crippen molar-refractivity contribution < 1.29 is 19.0 Å². The summed E-state index contributed by atoms with van der Waals surface area (Å²) in [4.78, 5) is 15.1. The maximum Gasteiger partial charge on any atom is 0.244 e. The number of carbonyl (C=O) groups is 1. The summed E-state index contributed by atoms with van der Waals surface area (Å²) in [6, 6.07) is 11.7. The van der Waals surface area contributed by atoms with Crippen LogP contribution in [0.2, 0.25) is 5.02 Å². The van der Waals surface area contributed by atoms with Crippen molar-refractivity contribution in [3.8, 4) is 11.5 Å². The van der Waals surface area contributed by atoms with E-state index in [0.29, 0.717) is 23.1 Å². The summed E-state index contributed by atoms with van der Waals surface area (Å²) in [5.74, 6) is 0.862. The second-order valence-electron chi connectivity index (χ2n) is 7.69. The summed E-state index contributed by atoms with van der Waals surface area (Å²) in [6.45, 7) is 8.32. The normalized spacial score (nSPS) is 15.5. The lowest BCUT2D eigenvalue weighted by atomic mass is 10.0. The molecule has 1 saturated heterocycles. The minimum atomic E-state index is -0.172. The molecule has 6 nitrogen and oxygen atoms in total. The molecule has 0 radical (unpaired) electrons. The molecule has 2 aromatic carbocycles. The molecule has 32 heavy (non-hydrogen) atoms. The van der Waals surface area contributed by atoms with E-state index in [0.717, 1.165) is 44.0 Å². The molecule has 1 aliphatic heterocycles. The van der Waals surface area contributed by atoms with Gasteiger partial charge in [-0.15, -0.1) is 0 Å². The Morgan fingerprint density at radius 3 is 2.62 bits per heavy atom.